The summed E-state index contributed by atoms with van der Waals surface area (Å²) < 4.78 is 37.0. The van der Waals surface area contributed by atoms with Gasteiger partial charge in [-0.2, -0.15) is 5.10 Å². The molecule has 0 saturated heterocycles. The van der Waals surface area contributed by atoms with Crippen molar-refractivity contribution >= 4 is 15.9 Å². The molecule has 118 valence electrons. The number of carbonyl (C=O) groups excluding carboxylic acids is 1. The molecular weight excluding hydrogens is 297 g/mol. The van der Waals surface area contributed by atoms with Crippen LogP contribution in [0.3, 0.4) is 0 Å². The number of carbonyl (C=O) groups is 1. The van der Waals surface area contributed by atoms with Crippen LogP contribution >= 0.6 is 0 Å². The lowest BCUT2D eigenvalue weighted by Gasteiger charge is -2.19. The summed E-state index contributed by atoms with van der Waals surface area (Å²) in [7, 11) is -3.80. The van der Waals surface area contributed by atoms with Crippen LogP contribution in [-0.2, 0) is 10.0 Å². The molecule has 6 nitrogen and oxygen atoms in total. The number of hydrogen-bond donors (Lipinski definition) is 2. The first-order valence-electron chi connectivity index (χ1n) is 7.18. The van der Waals surface area contributed by atoms with Crippen molar-refractivity contribution in [2.75, 3.05) is 12.4 Å². The van der Waals surface area contributed by atoms with Crippen molar-refractivity contribution in [2.45, 2.75) is 44.4 Å². The van der Waals surface area contributed by atoms with Gasteiger partial charge in [-0.25, -0.2) is 13.1 Å². The maximum Gasteiger partial charge on any atom is 0.285 e. The molecule has 2 N–H and O–H groups in total. The van der Waals surface area contributed by atoms with E-state index in [0.717, 1.165) is 31.4 Å². The van der Waals surface area contributed by atoms with Gasteiger partial charge in [0.15, 0.2) is 5.69 Å². The Balaban J connectivity index is 1.98. The molecule has 1 amide bonds. The second kappa shape index (κ2) is 7.02. The first-order chi connectivity index (χ1) is 10.0. The Hall–Kier alpha value is -1.44. The molecule has 0 bridgehead atoms. The number of aromatic nitrogens is 2. The van der Waals surface area contributed by atoms with Crippen molar-refractivity contribution in [3.05, 3.63) is 17.5 Å². The Bertz CT molecular complexity index is 579. The van der Waals surface area contributed by atoms with Crippen LogP contribution in [0.4, 0.5) is 4.39 Å². The van der Waals surface area contributed by atoms with Gasteiger partial charge in [0.05, 0.1) is 12.4 Å². The average Bonchev–Trinajstić information content (AvgIpc) is 2.96. The first-order valence-corrected chi connectivity index (χ1v) is 8.83. The molecule has 1 aromatic heterocycles. The summed E-state index contributed by atoms with van der Waals surface area (Å²) in [6, 6.07) is 1.61. The standard InChI is InChI=1S/C13H20FN3O3S/c14-7-4-8-21(19,20)17-13(18)12-9-11(15-16-12)10-5-2-1-3-6-10/h9-10H,1-8H2,(H,15,16)(H,17,18). The van der Waals surface area contributed by atoms with E-state index in [2.05, 4.69) is 10.2 Å². The lowest BCUT2D eigenvalue weighted by molar-refractivity contribution is 0.0976. The predicted molar refractivity (Wildman–Crippen MR) is 76.3 cm³/mol. The van der Waals surface area contributed by atoms with Gasteiger partial charge in [-0.15, -0.1) is 0 Å². The van der Waals surface area contributed by atoms with Crippen molar-refractivity contribution in [1.82, 2.24) is 14.9 Å². The van der Waals surface area contributed by atoms with Gasteiger partial charge in [0, 0.05) is 11.6 Å². The fourth-order valence-corrected chi connectivity index (χ4v) is 3.54. The zero-order valence-electron chi connectivity index (χ0n) is 11.8. The smallest absolute Gasteiger partial charge is 0.281 e. The van der Waals surface area contributed by atoms with Gasteiger partial charge in [0.25, 0.3) is 5.91 Å². The summed E-state index contributed by atoms with van der Waals surface area (Å²) in [5.74, 6) is -0.821. The zero-order valence-corrected chi connectivity index (χ0v) is 12.6. The van der Waals surface area contributed by atoms with Crippen LogP contribution in [0.1, 0.15) is 60.6 Å². The minimum absolute atomic E-state index is 0.0550. The van der Waals surface area contributed by atoms with Crippen molar-refractivity contribution in [3.8, 4) is 0 Å². The predicted octanol–water partition coefficient (Wildman–Crippen LogP) is 1.88. The fourth-order valence-electron chi connectivity index (χ4n) is 2.56. The molecule has 0 spiro atoms. The number of nitrogens with one attached hydrogen (secondary N) is 2. The number of aromatic amines is 1. The molecular formula is C13H20FN3O3S. The maximum atomic E-state index is 12.0. The van der Waals surface area contributed by atoms with Crippen LogP contribution in [0.25, 0.3) is 0 Å². The minimum Gasteiger partial charge on any atom is -0.281 e. The summed E-state index contributed by atoms with van der Waals surface area (Å²) in [5.41, 5.74) is 0.931. The molecule has 21 heavy (non-hydrogen) atoms. The minimum atomic E-state index is -3.80. The fraction of sp³-hybridized carbons (Fsp3) is 0.692. The molecule has 0 aliphatic heterocycles. The van der Waals surface area contributed by atoms with E-state index in [1.165, 1.54) is 6.42 Å². The SMILES string of the molecule is O=C(NS(=O)(=O)CCCF)c1cc(C2CCCCC2)[nH]n1. The van der Waals surface area contributed by atoms with Crippen LogP contribution in [0.5, 0.6) is 0 Å². The van der Waals surface area contributed by atoms with Crippen molar-refractivity contribution in [1.29, 1.82) is 0 Å². The third-order valence-corrected chi connectivity index (χ3v) is 4.99. The Labute approximate surface area is 123 Å². The summed E-state index contributed by atoms with van der Waals surface area (Å²) in [6.45, 7) is -0.733. The van der Waals surface area contributed by atoms with E-state index in [-0.39, 0.29) is 12.1 Å². The highest BCUT2D eigenvalue weighted by molar-refractivity contribution is 7.90. The normalized spacial score (nSPS) is 16.8. The quantitative estimate of drug-likeness (QED) is 0.838. The Morgan fingerprint density at radius 2 is 2.10 bits per heavy atom. The average molecular weight is 317 g/mol. The highest BCUT2D eigenvalue weighted by Gasteiger charge is 2.22. The van der Waals surface area contributed by atoms with Gasteiger partial charge < -0.3 is 0 Å². The molecule has 0 radical (unpaired) electrons. The van der Waals surface area contributed by atoms with Gasteiger partial charge in [-0.3, -0.25) is 14.3 Å². The lowest BCUT2D eigenvalue weighted by Crippen LogP contribution is -2.32. The summed E-state index contributed by atoms with van der Waals surface area (Å²) in [4.78, 5) is 11.9. The van der Waals surface area contributed by atoms with Crippen LogP contribution in [-0.4, -0.2) is 36.9 Å². The van der Waals surface area contributed by atoms with E-state index in [0.29, 0.717) is 5.92 Å². The van der Waals surface area contributed by atoms with Gasteiger partial charge in [-0.1, -0.05) is 19.3 Å². The van der Waals surface area contributed by atoms with Crippen molar-refractivity contribution in [2.24, 2.45) is 0 Å². The number of sulfonamides is 1. The van der Waals surface area contributed by atoms with Gasteiger partial charge in [0.2, 0.25) is 10.0 Å². The summed E-state index contributed by atoms with van der Waals surface area (Å²) in [5, 5.41) is 6.70. The number of H-pyrrole nitrogens is 1. The highest BCUT2D eigenvalue weighted by atomic mass is 32.2. The molecule has 0 atom stereocenters. The van der Waals surface area contributed by atoms with Gasteiger partial charge in [-0.05, 0) is 25.3 Å². The number of nitrogens with zero attached hydrogens (tertiary/aromatic N) is 1. The van der Waals surface area contributed by atoms with E-state index in [4.69, 9.17) is 0 Å². The third kappa shape index (κ3) is 4.52. The van der Waals surface area contributed by atoms with E-state index in [1.54, 1.807) is 6.07 Å². The molecule has 2 rings (SSSR count). The lowest BCUT2D eigenvalue weighted by atomic mass is 9.87. The molecule has 1 aliphatic rings. The van der Waals surface area contributed by atoms with E-state index >= 15 is 0 Å². The number of alkyl halides is 1. The summed E-state index contributed by atoms with van der Waals surface area (Å²) >= 11 is 0. The second-order valence-electron chi connectivity index (χ2n) is 5.34. The highest BCUT2D eigenvalue weighted by Crippen LogP contribution is 2.31. The Morgan fingerprint density at radius 3 is 2.76 bits per heavy atom. The van der Waals surface area contributed by atoms with Gasteiger partial charge >= 0.3 is 0 Å². The second-order valence-corrected chi connectivity index (χ2v) is 7.18. The molecule has 0 unspecified atom stereocenters. The van der Waals surface area contributed by atoms with E-state index in [9.17, 15) is 17.6 Å². The Morgan fingerprint density at radius 1 is 1.38 bits per heavy atom. The first kappa shape index (κ1) is 15.9. The molecule has 1 saturated carbocycles. The third-order valence-electron chi connectivity index (χ3n) is 3.67. The van der Waals surface area contributed by atoms with E-state index < -0.39 is 28.4 Å². The molecule has 8 heteroatoms. The van der Waals surface area contributed by atoms with Crippen molar-refractivity contribution < 1.29 is 17.6 Å². The van der Waals surface area contributed by atoms with Crippen LogP contribution < -0.4 is 4.72 Å². The molecule has 1 fully saturated rings. The Kier molecular flexibility index (Phi) is 5.33. The largest absolute Gasteiger partial charge is 0.285 e. The van der Waals surface area contributed by atoms with E-state index in [1.807, 2.05) is 4.72 Å². The van der Waals surface area contributed by atoms with Crippen molar-refractivity contribution in [3.63, 3.8) is 0 Å². The molecule has 0 aromatic carbocycles. The number of hydrogen-bond acceptors (Lipinski definition) is 4. The molecule has 1 aliphatic carbocycles. The number of amides is 1. The maximum absolute atomic E-state index is 12.0. The number of rotatable bonds is 6. The summed E-state index contributed by atoms with van der Waals surface area (Å²) in [6.07, 6.45) is 5.52. The molecule has 1 aromatic rings. The van der Waals surface area contributed by atoms with Crippen LogP contribution in [0, 0.1) is 0 Å². The van der Waals surface area contributed by atoms with Gasteiger partial charge in [0.1, 0.15) is 0 Å². The van der Waals surface area contributed by atoms with Crippen LogP contribution in [0.2, 0.25) is 0 Å². The zero-order chi connectivity index (χ0) is 15.3. The molecule has 1 heterocycles. The monoisotopic (exact) mass is 317 g/mol. The number of halogens is 1. The topological polar surface area (TPSA) is 91.9 Å². The van der Waals surface area contributed by atoms with Crippen LogP contribution in [0.15, 0.2) is 6.07 Å².